The summed E-state index contributed by atoms with van der Waals surface area (Å²) in [7, 11) is -1.26. The van der Waals surface area contributed by atoms with Crippen LogP contribution in [-0.2, 0) is 14.8 Å². The van der Waals surface area contributed by atoms with Gasteiger partial charge in [-0.05, 0) is 18.2 Å². The van der Waals surface area contributed by atoms with Crippen molar-refractivity contribution in [2.75, 3.05) is 27.3 Å². The zero-order valence-corrected chi connectivity index (χ0v) is 13.1. The van der Waals surface area contributed by atoms with Gasteiger partial charge in [-0.3, -0.25) is 0 Å². The van der Waals surface area contributed by atoms with E-state index in [4.69, 9.17) is 21.4 Å². The smallest absolute Gasteiger partial charge is 0.337 e. The van der Waals surface area contributed by atoms with Crippen LogP contribution in [0.4, 0.5) is 0 Å². The number of sulfonamides is 1. The Hall–Kier alpha value is -1.19. The molecule has 0 aliphatic rings. The minimum atomic E-state index is -3.93. The maximum absolute atomic E-state index is 12.3. The van der Waals surface area contributed by atoms with Crippen LogP contribution in [0.1, 0.15) is 10.4 Å². The van der Waals surface area contributed by atoms with Crippen molar-refractivity contribution in [1.82, 2.24) is 4.31 Å². The van der Waals surface area contributed by atoms with Crippen LogP contribution in [0.5, 0.6) is 0 Å². The lowest BCUT2D eigenvalue weighted by molar-refractivity contribution is 0.0554. The largest absolute Gasteiger partial charge is 0.478 e. The van der Waals surface area contributed by atoms with Crippen LogP contribution in [-0.4, -0.2) is 62.3 Å². The second-order valence-electron chi connectivity index (χ2n) is 4.34. The van der Waals surface area contributed by atoms with E-state index in [0.29, 0.717) is 0 Å². The van der Waals surface area contributed by atoms with Gasteiger partial charge in [-0.15, -0.1) is 0 Å². The Kier molecular flexibility index (Phi) is 6.11. The number of hydrogen-bond acceptors (Lipinski definition) is 5. The lowest BCUT2D eigenvalue weighted by Crippen LogP contribution is -2.36. The molecule has 0 saturated heterocycles. The third-order valence-electron chi connectivity index (χ3n) is 2.70. The average Bonchev–Trinajstić information content (AvgIpc) is 2.38. The molecule has 0 bridgehead atoms. The van der Waals surface area contributed by atoms with Gasteiger partial charge in [0.05, 0.1) is 28.2 Å². The zero-order chi connectivity index (χ0) is 16.2. The number of likely N-dealkylation sites (N-methyl/N-ethyl adjacent to an activating group) is 1. The highest BCUT2D eigenvalue weighted by atomic mass is 35.5. The maximum atomic E-state index is 12.3. The predicted molar refractivity (Wildman–Crippen MR) is 76.1 cm³/mol. The van der Waals surface area contributed by atoms with Crippen molar-refractivity contribution in [3.8, 4) is 0 Å². The summed E-state index contributed by atoms with van der Waals surface area (Å²) in [5, 5.41) is 18.5. The summed E-state index contributed by atoms with van der Waals surface area (Å²) < 4.78 is 30.2. The van der Waals surface area contributed by atoms with Crippen LogP contribution in [0.2, 0.25) is 5.02 Å². The lowest BCUT2D eigenvalue weighted by Gasteiger charge is -2.20. The van der Waals surface area contributed by atoms with Crippen molar-refractivity contribution in [1.29, 1.82) is 0 Å². The number of hydrogen-bond donors (Lipinski definition) is 2. The molecule has 0 spiro atoms. The molecule has 0 aromatic heterocycles. The number of carboxylic acid groups (broad SMARTS) is 1. The van der Waals surface area contributed by atoms with Crippen molar-refractivity contribution in [3.63, 3.8) is 0 Å². The van der Waals surface area contributed by atoms with Crippen LogP contribution in [0.3, 0.4) is 0 Å². The van der Waals surface area contributed by atoms with Crippen molar-refractivity contribution >= 4 is 27.6 Å². The van der Waals surface area contributed by atoms with Crippen LogP contribution in [0.15, 0.2) is 23.1 Å². The van der Waals surface area contributed by atoms with Crippen molar-refractivity contribution < 1.29 is 28.2 Å². The van der Waals surface area contributed by atoms with E-state index >= 15 is 0 Å². The molecule has 21 heavy (non-hydrogen) atoms. The first-order chi connectivity index (χ1) is 9.70. The molecular weight excluding hydrogens is 322 g/mol. The predicted octanol–water partition coefficient (Wildman–Crippen LogP) is 0.666. The molecule has 0 heterocycles. The van der Waals surface area contributed by atoms with Gasteiger partial charge in [0.2, 0.25) is 10.0 Å². The Morgan fingerprint density at radius 3 is 2.62 bits per heavy atom. The second kappa shape index (κ2) is 7.19. The standard InChI is InChI=1S/C12H16ClNO6S/c1-14(6-8(15)7-20-2)21(18,19)9-3-4-11(13)10(5-9)12(16)17/h3-5,8,15H,6-7H2,1-2H3,(H,16,17). The summed E-state index contributed by atoms with van der Waals surface area (Å²) in [5.74, 6) is -1.32. The van der Waals surface area contributed by atoms with Gasteiger partial charge in [0.15, 0.2) is 0 Å². The topological polar surface area (TPSA) is 104 Å². The molecule has 0 aliphatic heterocycles. The number of methoxy groups -OCH3 is 1. The van der Waals surface area contributed by atoms with Crippen LogP contribution < -0.4 is 0 Å². The van der Waals surface area contributed by atoms with Gasteiger partial charge in [0, 0.05) is 20.7 Å². The van der Waals surface area contributed by atoms with Gasteiger partial charge >= 0.3 is 5.97 Å². The fraction of sp³-hybridized carbons (Fsp3) is 0.417. The van der Waals surface area contributed by atoms with E-state index < -0.39 is 22.1 Å². The zero-order valence-electron chi connectivity index (χ0n) is 11.5. The number of carbonyl (C=O) groups is 1. The molecule has 0 amide bonds. The SMILES string of the molecule is COCC(O)CN(C)S(=O)(=O)c1ccc(Cl)c(C(=O)O)c1. The first-order valence-electron chi connectivity index (χ1n) is 5.86. The van der Waals surface area contributed by atoms with Gasteiger partial charge in [-0.2, -0.15) is 4.31 Å². The Bertz CT molecular complexity index is 618. The van der Waals surface area contributed by atoms with Gasteiger partial charge in [0.1, 0.15) is 0 Å². The van der Waals surface area contributed by atoms with E-state index in [9.17, 15) is 18.3 Å². The molecular formula is C12H16ClNO6S. The summed E-state index contributed by atoms with van der Waals surface area (Å²) in [4.78, 5) is 10.8. The molecule has 1 aromatic carbocycles. The Labute approximate surface area is 127 Å². The van der Waals surface area contributed by atoms with Gasteiger partial charge in [-0.1, -0.05) is 11.6 Å². The van der Waals surface area contributed by atoms with Crippen molar-refractivity contribution in [3.05, 3.63) is 28.8 Å². The first-order valence-corrected chi connectivity index (χ1v) is 7.68. The van der Waals surface area contributed by atoms with Gasteiger partial charge in [-0.25, -0.2) is 13.2 Å². The number of carboxylic acids is 1. The molecule has 118 valence electrons. The summed E-state index contributed by atoms with van der Waals surface area (Å²) in [6.45, 7) is -0.192. The number of aliphatic hydroxyl groups excluding tert-OH is 1. The highest BCUT2D eigenvalue weighted by Gasteiger charge is 2.24. The number of nitrogens with zero attached hydrogens (tertiary/aromatic N) is 1. The maximum Gasteiger partial charge on any atom is 0.337 e. The van der Waals surface area contributed by atoms with E-state index in [1.165, 1.54) is 26.3 Å². The summed E-state index contributed by atoms with van der Waals surface area (Å²) in [5.41, 5.74) is -0.302. The monoisotopic (exact) mass is 337 g/mol. The third kappa shape index (κ3) is 4.39. The number of halogens is 1. The minimum Gasteiger partial charge on any atom is -0.478 e. The molecule has 1 atom stereocenters. The van der Waals surface area contributed by atoms with Crippen LogP contribution in [0.25, 0.3) is 0 Å². The molecule has 0 saturated carbocycles. The molecule has 0 fully saturated rings. The highest BCUT2D eigenvalue weighted by molar-refractivity contribution is 7.89. The molecule has 2 N–H and O–H groups in total. The van der Waals surface area contributed by atoms with Crippen molar-refractivity contribution in [2.24, 2.45) is 0 Å². The van der Waals surface area contributed by atoms with E-state index in [-0.39, 0.29) is 28.6 Å². The fourth-order valence-corrected chi connectivity index (χ4v) is 3.08. The number of benzene rings is 1. The van der Waals surface area contributed by atoms with Crippen molar-refractivity contribution in [2.45, 2.75) is 11.0 Å². The minimum absolute atomic E-state index is 0.0130. The van der Waals surface area contributed by atoms with E-state index in [1.807, 2.05) is 0 Å². The lowest BCUT2D eigenvalue weighted by atomic mass is 10.2. The first kappa shape index (κ1) is 17.9. The molecule has 7 nitrogen and oxygen atoms in total. The molecule has 0 aliphatic carbocycles. The Balaban J connectivity index is 3.07. The van der Waals surface area contributed by atoms with Crippen LogP contribution >= 0.6 is 11.6 Å². The summed E-state index contributed by atoms with van der Waals surface area (Å²) >= 11 is 5.70. The summed E-state index contributed by atoms with van der Waals surface area (Å²) in [6, 6.07) is 3.40. The molecule has 1 aromatic rings. The number of rotatable bonds is 7. The van der Waals surface area contributed by atoms with E-state index in [2.05, 4.69) is 0 Å². The number of aliphatic hydroxyl groups is 1. The van der Waals surface area contributed by atoms with E-state index in [0.717, 1.165) is 10.4 Å². The quantitative estimate of drug-likeness (QED) is 0.757. The highest BCUT2D eigenvalue weighted by Crippen LogP contribution is 2.22. The third-order valence-corrected chi connectivity index (χ3v) is 4.85. The Morgan fingerprint density at radius 1 is 1.48 bits per heavy atom. The summed E-state index contributed by atoms with van der Waals surface area (Å²) in [6.07, 6.45) is -0.985. The fourth-order valence-electron chi connectivity index (χ4n) is 1.65. The molecule has 1 unspecified atom stereocenters. The van der Waals surface area contributed by atoms with E-state index in [1.54, 1.807) is 0 Å². The molecule has 0 radical (unpaired) electrons. The average molecular weight is 338 g/mol. The van der Waals surface area contributed by atoms with Gasteiger partial charge in [0.25, 0.3) is 0 Å². The van der Waals surface area contributed by atoms with Gasteiger partial charge < -0.3 is 14.9 Å². The number of ether oxygens (including phenoxy) is 1. The molecule has 9 heteroatoms. The second-order valence-corrected chi connectivity index (χ2v) is 6.79. The number of aromatic carboxylic acids is 1. The normalized spacial score (nSPS) is 13.4. The van der Waals surface area contributed by atoms with Crippen LogP contribution in [0, 0.1) is 0 Å². The molecule has 1 rings (SSSR count). The Morgan fingerprint density at radius 2 is 2.10 bits per heavy atom.